The van der Waals surface area contributed by atoms with Crippen LogP contribution in [0.2, 0.25) is 0 Å². The molecule has 1 fully saturated rings. The molecule has 1 aliphatic rings. The molecule has 1 aliphatic carbocycles. The summed E-state index contributed by atoms with van der Waals surface area (Å²) in [6.45, 7) is 3.39. The lowest BCUT2D eigenvalue weighted by atomic mass is 10.1. The fraction of sp³-hybridized carbons (Fsp3) is 0.375. The number of benzene rings is 1. The first-order chi connectivity index (χ1) is 10.3. The molecule has 0 unspecified atom stereocenters. The zero-order chi connectivity index (χ0) is 14.2. The summed E-state index contributed by atoms with van der Waals surface area (Å²) in [7, 11) is 0. The highest BCUT2D eigenvalue weighted by molar-refractivity contribution is 5.80. The van der Waals surface area contributed by atoms with Gasteiger partial charge in [-0.25, -0.2) is 0 Å². The van der Waals surface area contributed by atoms with Crippen molar-refractivity contribution in [1.82, 2.24) is 20.0 Å². The first-order valence-corrected chi connectivity index (χ1v) is 7.38. The van der Waals surface area contributed by atoms with Crippen LogP contribution in [0, 0.1) is 6.92 Å². The van der Waals surface area contributed by atoms with Crippen molar-refractivity contribution in [2.45, 2.75) is 38.9 Å². The maximum absolute atomic E-state index is 5.21. The van der Waals surface area contributed by atoms with Gasteiger partial charge in [0.05, 0.1) is 0 Å². The van der Waals surface area contributed by atoms with Crippen LogP contribution in [0.1, 0.15) is 30.1 Å². The van der Waals surface area contributed by atoms with Gasteiger partial charge in [0.15, 0.2) is 5.82 Å². The van der Waals surface area contributed by atoms with Crippen LogP contribution in [0.15, 0.2) is 35.0 Å². The molecule has 1 N–H and O–H groups in total. The van der Waals surface area contributed by atoms with Crippen molar-refractivity contribution in [1.29, 1.82) is 0 Å². The molecule has 0 atom stereocenters. The fourth-order valence-electron chi connectivity index (χ4n) is 2.58. The van der Waals surface area contributed by atoms with E-state index in [0.29, 0.717) is 18.3 Å². The molecule has 4 rings (SSSR count). The minimum Gasteiger partial charge on any atom is -0.338 e. The Morgan fingerprint density at radius 2 is 2.24 bits per heavy atom. The monoisotopic (exact) mass is 282 g/mol. The van der Waals surface area contributed by atoms with Crippen LogP contribution < -0.4 is 5.32 Å². The number of fused-ring (bicyclic) bond motifs is 1. The molecule has 5 heteroatoms. The smallest absolute Gasteiger partial charge is 0.246 e. The van der Waals surface area contributed by atoms with Crippen molar-refractivity contribution in [2.75, 3.05) is 0 Å². The Hall–Kier alpha value is -2.14. The molecule has 3 aromatic rings. The van der Waals surface area contributed by atoms with Crippen LogP contribution in [-0.2, 0) is 13.1 Å². The molecule has 0 aliphatic heterocycles. The second-order valence-corrected chi connectivity index (χ2v) is 5.73. The van der Waals surface area contributed by atoms with Crippen molar-refractivity contribution in [3.63, 3.8) is 0 Å². The number of hydrogen-bond donors (Lipinski definition) is 1. The van der Waals surface area contributed by atoms with Gasteiger partial charge in [-0.2, -0.15) is 4.98 Å². The van der Waals surface area contributed by atoms with Crippen molar-refractivity contribution in [3.05, 3.63) is 47.7 Å². The molecular weight excluding hydrogens is 264 g/mol. The van der Waals surface area contributed by atoms with E-state index in [4.69, 9.17) is 4.52 Å². The number of nitrogens with one attached hydrogen (secondary N) is 1. The van der Waals surface area contributed by atoms with E-state index in [1.165, 1.54) is 29.3 Å². The Balaban J connectivity index is 1.60. The summed E-state index contributed by atoms with van der Waals surface area (Å²) < 4.78 is 7.37. The highest BCUT2D eigenvalue weighted by Crippen LogP contribution is 2.21. The fourth-order valence-corrected chi connectivity index (χ4v) is 2.58. The molecule has 0 bridgehead atoms. The van der Waals surface area contributed by atoms with E-state index < -0.39 is 0 Å². The third kappa shape index (κ3) is 2.69. The third-order valence-corrected chi connectivity index (χ3v) is 3.89. The molecule has 1 saturated carbocycles. The zero-order valence-electron chi connectivity index (χ0n) is 12.0. The summed E-state index contributed by atoms with van der Waals surface area (Å²) in [4.78, 5) is 4.27. The number of rotatable bonds is 5. The molecule has 2 aromatic heterocycles. The summed E-state index contributed by atoms with van der Waals surface area (Å²) in [6.07, 6.45) is 4.70. The van der Waals surface area contributed by atoms with Crippen molar-refractivity contribution in [2.24, 2.45) is 0 Å². The second kappa shape index (κ2) is 5.00. The van der Waals surface area contributed by atoms with Crippen LogP contribution in [-0.4, -0.2) is 20.7 Å². The van der Waals surface area contributed by atoms with E-state index in [-0.39, 0.29) is 0 Å². The lowest BCUT2D eigenvalue weighted by molar-refractivity contribution is 0.369. The average molecular weight is 282 g/mol. The normalized spacial score (nSPS) is 14.9. The van der Waals surface area contributed by atoms with Crippen LogP contribution in [0.5, 0.6) is 0 Å². The third-order valence-electron chi connectivity index (χ3n) is 3.89. The molecule has 1 aromatic carbocycles. The van der Waals surface area contributed by atoms with Crippen LogP contribution >= 0.6 is 0 Å². The SMILES string of the molecule is Cc1noc(Cn2ccc3ccc(CNC4CC4)cc32)n1. The van der Waals surface area contributed by atoms with Crippen LogP contribution in [0.3, 0.4) is 0 Å². The maximum atomic E-state index is 5.21. The Morgan fingerprint density at radius 3 is 3.00 bits per heavy atom. The molecule has 0 spiro atoms. The molecular formula is C16H18N4O. The van der Waals surface area contributed by atoms with E-state index in [1.807, 2.05) is 6.92 Å². The Bertz CT molecular complexity index is 770. The lowest BCUT2D eigenvalue weighted by Gasteiger charge is -2.06. The van der Waals surface area contributed by atoms with Gasteiger partial charge in [0.1, 0.15) is 6.54 Å². The van der Waals surface area contributed by atoms with E-state index >= 15 is 0 Å². The predicted octanol–water partition coefficient (Wildman–Crippen LogP) is 2.63. The minimum absolute atomic E-state index is 0.615. The Kier molecular flexibility index (Phi) is 3.00. The largest absolute Gasteiger partial charge is 0.338 e. The van der Waals surface area contributed by atoms with Crippen molar-refractivity contribution in [3.8, 4) is 0 Å². The van der Waals surface area contributed by atoms with Crippen LogP contribution in [0.4, 0.5) is 0 Å². The van der Waals surface area contributed by atoms with Crippen molar-refractivity contribution >= 4 is 10.9 Å². The topological polar surface area (TPSA) is 55.9 Å². The number of aromatic nitrogens is 3. The highest BCUT2D eigenvalue weighted by atomic mass is 16.5. The van der Waals surface area contributed by atoms with E-state index in [0.717, 1.165) is 12.6 Å². The van der Waals surface area contributed by atoms with Crippen molar-refractivity contribution < 1.29 is 4.52 Å². The first kappa shape index (κ1) is 12.6. The Labute approximate surface area is 123 Å². The molecule has 5 nitrogen and oxygen atoms in total. The summed E-state index contributed by atoms with van der Waals surface area (Å²) in [6, 6.07) is 9.46. The summed E-state index contributed by atoms with van der Waals surface area (Å²) in [5, 5.41) is 8.63. The second-order valence-electron chi connectivity index (χ2n) is 5.73. The van der Waals surface area contributed by atoms with Gasteiger partial charge in [0.2, 0.25) is 5.89 Å². The standard InChI is InChI=1S/C16H18N4O/c1-11-18-16(21-19-11)10-20-7-6-13-3-2-12(8-15(13)20)9-17-14-4-5-14/h2-3,6-8,14,17H,4-5,9-10H2,1H3. The average Bonchev–Trinajstić information content (AvgIpc) is 3.12. The van der Waals surface area contributed by atoms with Gasteiger partial charge in [0.25, 0.3) is 0 Å². The summed E-state index contributed by atoms with van der Waals surface area (Å²) in [5.74, 6) is 1.32. The molecule has 0 saturated heterocycles. The molecule has 0 radical (unpaired) electrons. The number of nitrogens with zero attached hydrogens (tertiary/aromatic N) is 3. The summed E-state index contributed by atoms with van der Waals surface area (Å²) in [5.41, 5.74) is 2.53. The van der Waals surface area contributed by atoms with Gasteiger partial charge in [0, 0.05) is 24.3 Å². The van der Waals surface area contributed by atoms with Gasteiger partial charge in [-0.1, -0.05) is 17.3 Å². The van der Waals surface area contributed by atoms with Gasteiger partial charge in [-0.3, -0.25) is 0 Å². The molecule has 108 valence electrons. The lowest BCUT2D eigenvalue weighted by Crippen LogP contribution is -2.15. The predicted molar refractivity (Wildman–Crippen MR) is 79.9 cm³/mol. The molecule has 21 heavy (non-hydrogen) atoms. The van der Waals surface area contributed by atoms with Gasteiger partial charge >= 0.3 is 0 Å². The van der Waals surface area contributed by atoms with Gasteiger partial charge in [-0.05, 0) is 42.8 Å². The number of aryl methyl sites for hydroxylation is 1. The minimum atomic E-state index is 0.615. The molecule has 0 amide bonds. The van der Waals surface area contributed by atoms with E-state index in [2.05, 4.69) is 50.5 Å². The Morgan fingerprint density at radius 1 is 1.33 bits per heavy atom. The van der Waals surface area contributed by atoms with Gasteiger partial charge < -0.3 is 14.4 Å². The summed E-state index contributed by atoms with van der Waals surface area (Å²) >= 11 is 0. The van der Waals surface area contributed by atoms with Gasteiger partial charge in [-0.15, -0.1) is 0 Å². The van der Waals surface area contributed by atoms with E-state index in [9.17, 15) is 0 Å². The maximum Gasteiger partial charge on any atom is 0.246 e. The van der Waals surface area contributed by atoms with Crippen LogP contribution in [0.25, 0.3) is 10.9 Å². The molecule has 2 heterocycles. The quantitative estimate of drug-likeness (QED) is 0.781. The van der Waals surface area contributed by atoms with E-state index in [1.54, 1.807) is 0 Å². The number of hydrogen-bond acceptors (Lipinski definition) is 4. The zero-order valence-corrected chi connectivity index (χ0v) is 12.0. The first-order valence-electron chi connectivity index (χ1n) is 7.38. The highest BCUT2D eigenvalue weighted by Gasteiger charge is 2.20.